The molecular formula is C16H27NO12. The third-order valence-electron chi connectivity index (χ3n) is 4.81. The Hall–Kier alpha value is -1.42. The van der Waals surface area contributed by atoms with Gasteiger partial charge in [0, 0.05) is 21.1 Å². The fourth-order valence-corrected chi connectivity index (χ4v) is 3.39. The lowest BCUT2D eigenvalue weighted by atomic mass is 9.95. The van der Waals surface area contributed by atoms with Gasteiger partial charge in [-0.25, -0.2) is 4.79 Å². The van der Waals surface area contributed by atoms with Crippen molar-refractivity contribution >= 4 is 11.9 Å². The second-order valence-electron chi connectivity index (χ2n) is 6.72. The van der Waals surface area contributed by atoms with Gasteiger partial charge in [-0.2, -0.15) is 0 Å². The molecule has 2 aliphatic rings. The van der Waals surface area contributed by atoms with E-state index in [9.17, 15) is 35.1 Å². The highest BCUT2D eigenvalue weighted by molar-refractivity contribution is 5.74. The van der Waals surface area contributed by atoms with Gasteiger partial charge in [0.25, 0.3) is 0 Å². The number of methoxy groups -OCH3 is 2. The highest BCUT2D eigenvalue weighted by Crippen LogP contribution is 2.30. The van der Waals surface area contributed by atoms with Crippen LogP contribution >= 0.6 is 0 Å². The minimum Gasteiger partial charge on any atom is -0.479 e. The first-order chi connectivity index (χ1) is 13.7. The van der Waals surface area contributed by atoms with Crippen LogP contribution in [-0.2, 0) is 33.3 Å². The van der Waals surface area contributed by atoms with Crippen molar-refractivity contribution in [2.45, 2.75) is 68.3 Å². The van der Waals surface area contributed by atoms with Crippen LogP contribution in [0.15, 0.2) is 0 Å². The summed E-state index contributed by atoms with van der Waals surface area (Å²) in [7, 11) is 2.42. The van der Waals surface area contributed by atoms with Gasteiger partial charge in [-0.15, -0.1) is 0 Å². The van der Waals surface area contributed by atoms with Gasteiger partial charge in [-0.3, -0.25) is 4.79 Å². The molecule has 2 fully saturated rings. The average molecular weight is 425 g/mol. The molecule has 168 valence electrons. The Morgan fingerprint density at radius 1 is 0.966 bits per heavy atom. The first-order valence-corrected chi connectivity index (χ1v) is 8.83. The molecule has 0 aliphatic carbocycles. The van der Waals surface area contributed by atoms with Gasteiger partial charge in [0.15, 0.2) is 18.7 Å². The van der Waals surface area contributed by atoms with E-state index in [0.717, 1.165) is 7.11 Å². The van der Waals surface area contributed by atoms with Crippen molar-refractivity contribution in [1.82, 2.24) is 5.32 Å². The van der Waals surface area contributed by atoms with Crippen molar-refractivity contribution in [2.75, 3.05) is 20.8 Å². The lowest BCUT2D eigenvalue weighted by Gasteiger charge is -2.47. The standard InChI is InChI=1S/C16H27NO12/c1-5(19)17-7-11(25-2)8(20)6(4-18)27-15(7)28-12-9(21)10(22)16(26-3)29-13(12)14(23)24/h6-13,15-16,18,20-22H,4H2,1-3H3,(H,17,19)(H,23,24)/t6-,7-,8-,9-,10-,11-,12+,13+,15+,16-/m1/s1. The van der Waals surface area contributed by atoms with Crippen LogP contribution in [0.2, 0.25) is 0 Å². The van der Waals surface area contributed by atoms with Gasteiger partial charge in [0.05, 0.1) is 6.61 Å². The van der Waals surface area contributed by atoms with Crippen molar-refractivity contribution in [3.63, 3.8) is 0 Å². The van der Waals surface area contributed by atoms with Gasteiger partial charge in [0.2, 0.25) is 5.91 Å². The van der Waals surface area contributed by atoms with Crippen LogP contribution in [0, 0.1) is 0 Å². The molecule has 0 aromatic carbocycles. The number of amides is 1. The van der Waals surface area contributed by atoms with E-state index in [0.29, 0.717) is 0 Å². The number of hydrogen-bond donors (Lipinski definition) is 6. The summed E-state index contributed by atoms with van der Waals surface area (Å²) in [5, 5.41) is 52.1. The summed E-state index contributed by atoms with van der Waals surface area (Å²) in [5.74, 6) is -2.03. The Bertz CT molecular complexity index is 576. The van der Waals surface area contributed by atoms with Gasteiger partial charge in [-0.05, 0) is 0 Å². The van der Waals surface area contributed by atoms with Crippen LogP contribution in [0.3, 0.4) is 0 Å². The number of ether oxygens (including phenoxy) is 5. The number of nitrogens with one attached hydrogen (secondary N) is 1. The molecule has 0 spiro atoms. The molecule has 2 saturated heterocycles. The van der Waals surface area contributed by atoms with Crippen LogP contribution in [0.25, 0.3) is 0 Å². The number of rotatable bonds is 7. The maximum absolute atomic E-state index is 11.6. The summed E-state index contributed by atoms with van der Waals surface area (Å²) >= 11 is 0. The molecule has 0 unspecified atom stereocenters. The predicted octanol–water partition coefficient (Wildman–Crippen LogP) is -3.85. The van der Waals surface area contributed by atoms with E-state index in [1.807, 2.05) is 0 Å². The zero-order valence-corrected chi connectivity index (χ0v) is 16.1. The SMILES string of the molecule is CO[C@@H]1O[C@H](C(=O)O)[C@@H](O[C@@H]2O[C@H](CO)[C@@H](O)[C@H](OC)[C@H]2NC(C)=O)[C@H](O)[C@H]1O. The number of carbonyl (C=O) groups excluding carboxylic acids is 1. The van der Waals surface area contributed by atoms with Gasteiger partial charge >= 0.3 is 5.97 Å². The number of carboxylic acids is 1. The molecule has 29 heavy (non-hydrogen) atoms. The minimum absolute atomic E-state index is 0.529. The Morgan fingerprint density at radius 2 is 1.62 bits per heavy atom. The molecule has 6 N–H and O–H groups in total. The number of aliphatic hydroxyl groups excluding tert-OH is 4. The van der Waals surface area contributed by atoms with Gasteiger partial charge in [-0.1, -0.05) is 0 Å². The van der Waals surface area contributed by atoms with Crippen molar-refractivity contribution in [3.8, 4) is 0 Å². The molecule has 2 rings (SSSR count). The van der Waals surface area contributed by atoms with Crippen molar-refractivity contribution in [1.29, 1.82) is 0 Å². The molecule has 0 aromatic heterocycles. The van der Waals surface area contributed by atoms with E-state index >= 15 is 0 Å². The molecule has 13 nitrogen and oxygen atoms in total. The fourth-order valence-electron chi connectivity index (χ4n) is 3.39. The Balaban J connectivity index is 2.32. The molecule has 0 bridgehead atoms. The van der Waals surface area contributed by atoms with Crippen LogP contribution < -0.4 is 5.32 Å². The van der Waals surface area contributed by atoms with E-state index in [4.69, 9.17) is 23.7 Å². The van der Waals surface area contributed by atoms with Gasteiger partial charge in [0.1, 0.15) is 42.7 Å². The molecule has 10 atom stereocenters. The lowest BCUT2D eigenvalue weighted by molar-refractivity contribution is -0.339. The monoisotopic (exact) mass is 425 g/mol. The molecule has 2 aliphatic heterocycles. The van der Waals surface area contributed by atoms with Crippen LogP contribution in [0.4, 0.5) is 0 Å². The van der Waals surface area contributed by atoms with Crippen LogP contribution in [0.5, 0.6) is 0 Å². The summed E-state index contributed by atoms with van der Waals surface area (Å²) in [4.78, 5) is 23.2. The van der Waals surface area contributed by atoms with E-state index in [-0.39, 0.29) is 0 Å². The van der Waals surface area contributed by atoms with Crippen molar-refractivity contribution < 1.29 is 58.8 Å². The van der Waals surface area contributed by atoms with Gasteiger partial charge < -0.3 is 54.5 Å². The third kappa shape index (κ3) is 5.02. The molecule has 0 aromatic rings. The first kappa shape index (κ1) is 23.9. The van der Waals surface area contributed by atoms with E-state index < -0.39 is 79.8 Å². The maximum atomic E-state index is 11.6. The van der Waals surface area contributed by atoms with E-state index in [2.05, 4.69) is 5.32 Å². The summed E-state index contributed by atoms with van der Waals surface area (Å²) in [6, 6.07) is -1.13. The lowest BCUT2D eigenvalue weighted by Crippen LogP contribution is -2.68. The molecule has 1 amide bonds. The zero-order chi connectivity index (χ0) is 21.9. The molecule has 2 heterocycles. The van der Waals surface area contributed by atoms with Crippen molar-refractivity contribution in [2.24, 2.45) is 0 Å². The summed E-state index contributed by atoms with van der Waals surface area (Å²) in [5.41, 5.74) is 0. The number of carbonyl (C=O) groups is 2. The number of carboxylic acid groups (broad SMARTS) is 1. The maximum Gasteiger partial charge on any atom is 0.335 e. The largest absolute Gasteiger partial charge is 0.479 e. The third-order valence-corrected chi connectivity index (χ3v) is 4.81. The Labute approximate surface area is 166 Å². The smallest absolute Gasteiger partial charge is 0.335 e. The predicted molar refractivity (Wildman–Crippen MR) is 90.3 cm³/mol. The Morgan fingerprint density at radius 3 is 2.10 bits per heavy atom. The van der Waals surface area contributed by atoms with E-state index in [1.54, 1.807) is 0 Å². The average Bonchev–Trinajstić information content (AvgIpc) is 2.67. The van der Waals surface area contributed by atoms with Crippen LogP contribution in [0.1, 0.15) is 6.92 Å². The summed E-state index contributed by atoms with van der Waals surface area (Å²) in [6.45, 7) is 0.563. The molecule has 13 heteroatoms. The number of aliphatic hydroxyl groups is 4. The van der Waals surface area contributed by atoms with Crippen LogP contribution in [-0.4, -0.2) is 120 Å². The summed E-state index contributed by atoms with van der Waals surface area (Å²) in [6.07, 6.45) is -13.3. The van der Waals surface area contributed by atoms with Crippen molar-refractivity contribution in [3.05, 3.63) is 0 Å². The second-order valence-corrected chi connectivity index (χ2v) is 6.72. The second kappa shape index (κ2) is 10.1. The Kier molecular flexibility index (Phi) is 8.28. The molecular weight excluding hydrogens is 398 g/mol. The highest BCUT2D eigenvalue weighted by atomic mass is 16.7. The first-order valence-electron chi connectivity index (χ1n) is 8.83. The minimum atomic E-state index is -1.75. The number of aliphatic carboxylic acids is 1. The topological polar surface area (TPSA) is 193 Å². The zero-order valence-electron chi connectivity index (χ0n) is 16.1. The molecule has 0 radical (unpaired) electrons. The quantitative estimate of drug-likeness (QED) is 0.233. The highest BCUT2D eigenvalue weighted by Gasteiger charge is 2.53. The van der Waals surface area contributed by atoms with E-state index in [1.165, 1.54) is 14.0 Å². The normalized spacial score (nSPS) is 43.0. The molecule has 0 saturated carbocycles. The summed E-state index contributed by atoms with van der Waals surface area (Å²) < 4.78 is 26.3. The fraction of sp³-hybridized carbons (Fsp3) is 0.875. The number of hydrogen-bond acceptors (Lipinski definition) is 11.